The van der Waals surface area contributed by atoms with E-state index in [4.69, 9.17) is 4.42 Å². The molecule has 3 amide bonds. The number of carbonyl (C=O) groups is 2. The molecule has 8 nitrogen and oxygen atoms in total. The van der Waals surface area contributed by atoms with Crippen molar-refractivity contribution >= 4 is 34.4 Å². The molecule has 9 heteroatoms. The van der Waals surface area contributed by atoms with Crippen LogP contribution in [0.25, 0.3) is 22.1 Å². The number of anilines is 1. The molecule has 1 unspecified atom stereocenters. The van der Waals surface area contributed by atoms with Gasteiger partial charge in [0.2, 0.25) is 0 Å². The van der Waals surface area contributed by atoms with E-state index in [1.807, 2.05) is 49.4 Å². The Balaban J connectivity index is 1.03. The molecule has 2 N–H and O–H groups in total. The number of nitrogens with one attached hydrogen (secondary N) is 2. The van der Waals surface area contributed by atoms with Crippen LogP contribution in [-0.4, -0.2) is 66.3 Å². The average Bonchev–Trinajstić information content (AvgIpc) is 3.35. The third kappa shape index (κ3) is 5.56. The predicted molar refractivity (Wildman–Crippen MR) is 158 cm³/mol. The van der Waals surface area contributed by atoms with Gasteiger partial charge < -0.3 is 24.9 Å². The number of carbonyl (C=O) groups excluding carboxylic acids is 2. The average molecular weight is 552 g/mol. The lowest BCUT2D eigenvalue weighted by Crippen LogP contribution is -2.52. The maximum Gasteiger partial charge on any atom is 0.322 e. The van der Waals surface area contributed by atoms with Crippen molar-refractivity contribution in [2.75, 3.05) is 38.0 Å². The molecule has 0 aliphatic carbocycles. The summed E-state index contributed by atoms with van der Waals surface area (Å²) in [5.74, 6) is 0.384. The van der Waals surface area contributed by atoms with Crippen molar-refractivity contribution in [3.05, 3.63) is 102 Å². The van der Waals surface area contributed by atoms with Crippen LogP contribution in [0.5, 0.6) is 0 Å². The minimum absolute atomic E-state index is 0.169. The van der Waals surface area contributed by atoms with Crippen molar-refractivity contribution in [3.8, 4) is 11.1 Å². The molecule has 1 aromatic heterocycles. The Labute approximate surface area is 237 Å². The van der Waals surface area contributed by atoms with E-state index < -0.39 is 5.82 Å². The Hall–Kier alpha value is -4.92. The highest BCUT2D eigenvalue weighted by Gasteiger charge is 2.25. The van der Waals surface area contributed by atoms with Crippen molar-refractivity contribution in [1.82, 2.24) is 15.1 Å². The van der Waals surface area contributed by atoms with E-state index in [1.165, 1.54) is 12.1 Å². The highest BCUT2D eigenvalue weighted by Crippen LogP contribution is 2.30. The highest BCUT2D eigenvalue weighted by molar-refractivity contribution is 6.00. The third-order valence-corrected chi connectivity index (χ3v) is 7.50. The first-order valence-electron chi connectivity index (χ1n) is 13.6. The molecule has 0 radical (unpaired) electrons. The molecular weight excluding hydrogens is 521 g/mol. The molecule has 1 saturated heterocycles. The number of urea groups is 1. The third-order valence-electron chi connectivity index (χ3n) is 7.50. The predicted octanol–water partition coefficient (Wildman–Crippen LogP) is 5.46. The first-order chi connectivity index (χ1) is 20.0. The van der Waals surface area contributed by atoms with Crippen LogP contribution in [-0.2, 0) is 0 Å². The van der Waals surface area contributed by atoms with Gasteiger partial charge in [-0.1, -0.05) is 54.6 Å². The zero-order chi connectivity index (χ0) is 28.3. The van der Waals surface area contributed by atoms with Crippen LogP contribution in [0.15, 0.2) is 94.4 Å². The lowest BCUT2D eigenvalue weighted by Gasteiger charge is -2.36. The molecule has 0 bridgehead atoms. The molecule has 2 aliphatic heterocycles. The summed E-state index contributed by atoms with van der Waals surface area (Å²) in [4.78, 5) is 34.1. The van der Waals surface area contributed by atoms with Crippen LogP contribution in [0.3, 0.4) is 0 Å². The lowest BCUT2D eigenvalue weighted by molar-refractivity contribution is 0.0918. The van der Waals surface area contributed by atoms with Gasteiger partial charge >= 0.3 is 6.03 Å². The first-order valence-corrected chi connectivity index (χ1v) is 13.6. The second-order valence-corrected chi connectivity index (χ2v) is 10.2. The molecule has 3 heterocycles. The molecule has 3 aromatic carbocycles. The van der Waals surface area contributed by atoms with Gasteiger partial charge in [-0.3, -0.25) is 9.79 Å². The topological polar surface area (TPSA) is 90.2 Å². The van der Waals surface area contributed by atoms with Crippen LogP contribution >= 0.6 is 0 Å². The van der Waals surface area contributed by atoms with Gasteiger partial charge in [-0.25, -0.2) is 9.18 Å². The van der Waals surface area contributed by atoms with Crippen molar-refractivity contribution in [2.45, 2.75) is 13.0 Å². The number of furan rings is 1. The minimum Gasteiger partial charge on any atom is -0.451 e. The van der Waals surface area contributed by atoms with Crippen LogP contribution in [0.2, 0.25) is 0 Å². The van der Waals surface area contributed by atoms with Gasteiger partial charge in [0, 0.05) is 37.1 Å². The van der Waals surface area contributed by atoms with E-state index in [2.05, 4.69) is 38.7 Å². The number of nitrogens with zero attached hydrogens (tertiary/aromatic N) is 3. The summed E-state index contributed by atoms with van der Waals surface area (Å²) in [6.07, 6.45) is 3.84. The van der Waals surface area contributed by atoms with Crippen LogP contribution in [0.4, 0.5) is 14.9 Å². The summed E-state index contributed by atoms with van der Waals surface area (Å²) in [7, 11) is 0. The molecule has 4 aromatic rings. The molecule has 1 fully saturated rings. The second kappa shape index (κ2) is 11.3. The Morgan fingerprint density at radius 3 is 2.44 bits per heavy atom. The fourth-order valence-corrected chi connectivity index (χ4v) is 5.18. The number of hydrogen-bond donors (Lipinski definition) is 2. The number of hydrogen-bond acceptors (Lipinski definition) is 5. The van der Waals surface area contributed by atoms with Gasteiger partial charge in [0.05, 0.1) is 18.3 Å². The lowest BCUT2D eigenvalue weighted by atomic mass is 10.0. The minimum atomic E-state index is -0.462. The van der Waals surface area contributed by atoms with Gasteiger partial charge in [-0.15, -0.1) is 0 Å². The van der Waals surface area contributed by atoms with E-state index in [-0.39, 0.29) is 23.7 Å². The number of aryl methyl sites for hydroxylation is 1. The standard InChI is InChI=1S/C32H30FN5O3/c1-21-25-19-23(22-7-3-2-4-8-22)11-13-28(25)41-30(21)31(39)35-24-12-14-29(34-20-24)37-15-17-38(18-16-37)32(40)36-27-10-6-5-9-26(27)33/h2-14,19,24H,15-18,20H2,1H3,(H,35,39)(H,36,40). The number of fused-ring (bicyclic) bond motifs is 1. The van der Waals surface area contributed by atoms with Crippen molar-refractivity contribution in [2.24, 2.45) is 4.99 Å². The number of amidine groups is 1. The number of piperazine rings is 1. The van der Waals surface area contributed by atoms with Crippen LogP contribution in [0, 0.1) is 12.7 Å². The zero-order valence-electron chi connectivity index (χ0n) is 22.6. The van der Waals surface area contributed by atoms with Gasteiger partial charge in [0.25, 0.3) is 5.91 Å². The molecule has 2 aliphatic rings. The summed E-state index contributed by atoms with van der Waals surface area (Å²) < 4.78 is 19.8. The molecular formula is C32H30FN5O3. The van der Waals surface area contributed by atoms with E-state index in [0.29, 0.717) is 44.1 Å². The first kappa shape index (κ1) is 26.3. The maximum atomic E-state index is 13.9. The van der Waals surface area contributed by atoms with E-state index in [0.717, 1.165) is 27.9 Å². The van der Waals surface area contributed by atoms with Gasteiger partial charge in [0.1, 0.15) is 17.2 Å². The summed E-state index contributed by atoms with van der Waals surface area (Å²) >= 11 is 0. The van der Waals surface area contributed by atoms with Gasteiger partial charge in [-0.2, -0.15) is 0 Å². The Morgan fingerprint density at radius 2 is 1.71 bits per heavy atom. The van der Waals surface area contributed by atoms with Crippen LogP contribution < -0.4 is 10.6 Å². The van der Waals surface area contributed by atoms with Gasteiger partial charge in [0.15, 0.2) is 5.76 Å². The SMILES string of the molecule is Cc1c(C(=O)NC2C=CC(N3CCN(C(=O)Nc4ccccc4F)CC3)=NC2)oc2ccc(-c3ccccc3)cc12. The Morgan fingerprint density at radius 1 is 0.951 bits per heavy atom. The van der Waals surface area contributed by atoms with E-state index >= 15 is 0 Å². The summed E-state index contributed by atoms with van der Waals surface area (Å²) in [6.45, 7) is 4.50. The number of amides is 3. The number of dihydropyridines is 1. The fraction of sp³-hybridized carbons (Fsp3) is 0.219. The van der Waals surface area contributed by atoms with Crippen molar-refractivity contribution in [1.29, 1.82) is 0 Å². The Bertz CT molecular complexity index is 1650. The second-order valence-electron chi connectivity index (χ2n) is 10.2. The monoisotopic (exact) mass is 551 g/mol. The number of para-hydroxylation sites is 1. The van der Waals surface area contributed by atoms with Crippen LogP contribution in [0.1, 0.15) is 16.1 Å². The largest absolute Gasteiger partial charge is 0.451 e. The number of aliphatic imine (C=N–C) groups is 1. The smallest absolute Gasteiger partial charge is 0.322 e. The molecule has 208 valence electrons. The molecule has 41 heavy (non-hydrogen) atoms. The summed E-state index contributed by atoms with van der Waals surface area (Å²) in [5.41, 5.74) is 3.82. The van der Waals surface area contributed by atoms with E-state index in [9.17, 15) is 14.0 Å². The molecule has 0 saturated carbocycles. The fourth-order valence-electron chi connectivity index (χ4n) is 5.18. The number of benzene rings is 3. The summed E-state index contributed by atoms with van der Waals surface area (Å²) in [5, 5.41) is 6.57. The number of rotatable bonds is 4. The summed E-state index contributed by atoms with van der Waals surface area (Å²) in [6, 6.07) is 21.6. The molecule has 0 spiro atoms. The van der Waals surface area contributed by atoms with Gasteiger partial charge in [-0.05, 0) is 48.4 Å². The molecule has 6 rings (SSSR count). The zero-order valence-corrected chi connectivity index (χ0v) is 22.6. The highest BCUT2D eigenvalue weighted by atomic mass is 19.1. The Kier molecular flexibility index (Phi) is 7.24. The normalized spacial score (nSPS) is 16.9. The van der Waals surface area contributed by atoms with Crippen molar-refractivity contribution < 1.29 is 18.4 Å². The number of halogens is 1. The maximum absolute atomic E-state index is 13.9. The van der Waals surface area contributed by atoms with E-state index in [1.54, 1.807) is 17.0 Å². The molecule has 1 atom stereocenters. The quantitative estimate of drug-likeness (QED) is 0.352. The van der Waals surface area contributed by atoms with Crippen molar-refractivity contribution in [3.63, 3.8) is 0 Å².